The van der Waals surface area contributed by atoms with E-state index in [0.29, 0.717) is 5.25 Å². The molecule has 0 aromatic rings. The molecule has 0 radical (unpaired) electrons. The van der Waals surface area contributed by atoms with Crippen molar-refractivity contribution in [1.29, 1.82) is 0 Å². The molecule has 2 rings (SSSR count). The van der Waals surface area contributed by atoms with Crippen molar-refractivity contribution >= 4 is 11.8 Å². The summed E-state index contributed by atoms with van der Waals surface area (Å²) >= 11 is 2.05. The quantitative estimate of drug-likeness (QED) is 0.706. The number of rotatable bonds is 3. The second-order valence-corrected chi connectivity index (χ2v) is 5.34. The third-order valence-electron chi connectivity index (χ3n) is 2.70. The van der Waals surface area contributed by atoms with Crippen LogP contribution in [0.25, 0.3) is 0 Å². The van der Waals surface area contributed by atoms with Gasteiger partial charge in [-0.25, -0.2) is 0 Å². The van der Waals surface area contributed by atoms with Crippen molar-refractivity contribution in [3.05, 3.63) is 0 Å². The zero-order chi connectivity index (χ0) is 8.39. The summed E-state index contributed by atoms with van der Waals surface area (Å²) in [4.78, 5) is 2.60. The number of nitrogens with two attached hydrogens (primary N) is 1. The Labute approximate surface area is 78.9 Å². The molecule has 2 aliphatic rings. The second kappa shape index (κ2) is 3.99. The van der Waals surface area contributed by atoms with Crippen molar-refractivity contribution in [3.8, 4) is 0 Å². The van der Waals surface area contributed by atoms with Crippen LogP contribution in [-0.4, -0.2) is 42.1 Å². The van der Waals surface area contributed by atoms with Gasteiger partial charge in [0.2, 0.25) is 0 Å². The van der Waals surface area contributed by atoms with Gasteiger partial charge in [-0.05, 0) is 18.8 Å². The molecule has 1 unspecified atom stereocenters. The molecule has 0 aromatic carbocycles. The predicted molar refractivity (Wildman–Crippen MR) is 54.5 cm³/mol. The van der Waals surface area contributed by atoms with Crippen LogP contribution >= 0.6 is 11.8 Å². The molecule has 0 aromatic heterocycles. The molecule has 2 nitrogen and oxygen atoms in total. The first-order valence-corrected chi connectivity index (χ1v) is 5.97. The van der Waals surface area contributed by atoms with Crippen LogP contribution in [0, 0.1) is 5.92 Å². The lowest BCUT2D eigenvalue weighted by atomic mass is 10.3. The smallest absolute Gasteiger partial charge is 0.0298 e. The Morgan fingerprint density at radius 3 is 2.92 bits per heavy atom. The van der Waals surface area contributed by atoms with Gasteiger partial charge in [0.25, 0.3) is 0 Å². The zero-order valence-corrected chi connectivity index (χ0v) is 8.35. The van der Waals surface area contributed by atoms with Crippen molar-refractivity contribution < 1.29 is 0 Å². The lowest BCUT2D eigenvalue weighted by molar-refractivity contribution is 0.273. The van der Waals surface area contributed by atoms with Crippen molar-refractivity contribution in [2.75, 3.05) is 31.9 Å². The molecule has 1 atom stereocenters. The van der Waals surface area contributed by atoms with E-state index < -0.39 is 0 Å². The minimum Gasteiger partial charge on any atom is -0.329 e. The van der Waals surface area contributed by atoms with Gasteiger partial charge in [0, 0.05) is 37.2 Å². The predicted octanol–water partition coefficient (Wildman–Crippen LogP) is 0.772. The molecule has 0 amide bonds. The van der Waals surface area contributed by atoms with Crippen LogP contribution in [0.5, 0.6) is 0 Å². The van der Waals surface area contributed by atoms with Crippen LogP contribution in [0.1, 0.15) is 12.8 Å². The van der Waals surface area contributed by atoms with Crippen LogP contribution in [-0.2, 0) is 0 Å². The summed E-state index contributed by atoms with van der Waals surface area (Å²) in [5.41, 5.74) is 5.66. The molecule has 1 aliphatic carbocycles. The van der Waals surface area contributed by atoms with Gasteiger partial charge in [-0.1, -0.05) is 0 Å². The number of nitrogens with zero attached hydrogens (tertiary/aromatic N) is 1. The maximum absolute atomic E-state index is 5.66. The highest BCUT2D eigenvalue weighted by Crippen LogP contribution is 2.31. The molecule has 3 heteroatoms. The Morgan fingerprint density at radius 1 is 1.42 bits per heavy atom. The van der Waals surface area contributed by atoms with E-state index in [1.54, 1.807) is 0 Å². The Kier molecular flexibility index (Phi) is 2.94. The maximum Gasteiger partial charge on any atom is 0.0298 e. The lowest BCUT2D eigenvalue weighted by Crippen LogP contribution is -2.41. The molecule has 0 bridgehead atoms. The SMILES string of the molecule is NCC1CN(CC2CC2)CCS1. The lowest BCUT2D eigenvalue weighted by Gasteiger charge is -2.31. The molecular weight excluding hydrogens is 168 g/mol. The van der Waals surface area contributed by atoms with E-state index in [0.717, 1.165) is 12.5 Å². The average Bonchev–Trinajstić information content (AvgIpc) is 2.89. The molecule has 1 saturated heterocycles. The van der Waals surface area contributed by atoms with E-state index in [-0.39, 0.29) is 0 Å². The van der Waals surface area contributed by atoms with E-state index in [4.69, 9.17) is 5.73 Å². The highest BCUT2D eigenvalue weighted by Gasteiger charge is 2.27. The van der Waals surface area contributed by atoms with Crippen LogP contribution in [0.3, 0.4) is 0 Å². The highest BCUT2D eigenvalue weighted by atomic mass is 32.2. The first-order chi connectivity index (χ1) is 5.88. The van der Waals surface area contributed by atoms with E-state index in [1.807, 2.05) is 11.8 Å². The van der Waals surface area contributed by atoms with Crippen molar-refractivity contribution in [2.24, 2.45) is 11.7 Å². The number of hydrogen-bond donors (Lipinski definition) is 1. The van der Waals surface area contributed by atoms with Crippen LogP contribution in [0.2, 0.25) is 0 Å². The van der Waals surface area contributed by atoms with Gasteiger partial charge in [-0.2, -0.15) is 11.8 Å². The molecule has 1 heterocycles. The van der Waals surface area contributed by atoms with Gasteiger partial charge in [0.1, 0.15) is 0 Å². The topological polar surface area (TPSA) is 29.3 Å². The summed E-state index contributed by atoms with van der Waals surface area (Å²) < 4.78 is 0. The van der Waals surface area contributed by atoms with Crippen molar-refractivity contribution in [1.82, 2.24) is 4.90 Å². The maximum atomic E-state index is 5.66. The Morgan fingerprint density at radius 2 is 2.25 bits per heavy atom. The van der Waals surface area contributed by atoms with Crippen LogP contribution in [0.4, 0.5) is 0 Å². The Bertz CT molecular complexity index is 147. The summed E-state index contributed by atoms with van der Waals surface area (Å²) in [7, 11) is 0. The molecule has 2 N–H and O–H groups in total. The van der Waals surface area contributed by atoms with Gasteiger partial charge < -0.3 is 10.6 Å². The molecular formula is C9H18N2S. The van der Waals surface area contributed by atoms with Gasteiger partial charge >= 0.3 is 0 Å². The first kappa shape index (κ1) is 8.85. The molecule has 0 spiro atoms. The first-order valence-electron chi connectivity index (χ1n) is 4.92. The largest absolute Gasteiger partial charge is 0.329 e. The molecule has 1 saturated carbocycles. The fourth-order valence-corrected chi connectivity index (χ4v) is 2.90. The number of hydrogen-bond acceptors (Lipinski definition) is 3. The summed E-state index contributed by atoms with van der Waals surface area (Å²) in [5, 5.41) is 0.706. The zero-order valence-electron chi connectivity index (χ0n) is 7.54. The molecule has 1 aliphatic heterocycles. The average molecular weight is 186 g/mol. The third-order valence-corrected chi connectivity index (χ3v) is 3.93. The van der Waals surface area contributed by atoms with Crippen molar-refractivity contribution in [3.63, 3.8) is 0 Å². The Balaban J connectivity index is 1.73. The standard InChI is InChI=1S/C9H18N2S/c10-5-9-7-11(3-4-12-9)6-8-1-2-8/h8-9H,1-7,10H2. The van der Waals surface area contributed by atoms with E-state index in [2.05, 4.69) is 4.90 Å². The van der Waals surface area contributed by atoms with E-state index in [1.165, 1.54) is 38.2 Å². The molecule has 70 valence electrons. The normalized spacial score (nSPS) is 32.2. The summed E-state index contributed by atoms with van der Waals surface area (Å²) in [6.45, 7) is 4.72. The third kappa shape index (κ3) is 2.38. The summed E-state index contributed by atoms with van der Waals surface area (Å²) in [6, 6.07) is 0. The summed E-state index contributed by atoms with van der Waals surface area (Å²) in [6.07, 6.45) is 2.94. The van der Waals surface area contributed by atoms with E-state index in [9.17, 15) is 0 Å². The minimum atomic E-state index is 0.706. The molecule has 12 heavy (non-hydrogen) atoms. The minimum absolute atomic E-state index is 0.706. The second-order valence-electron chi connectivity index (χ2n) is 3.93. The molecule has 2 fully saturated rings. The highest BCUT2D eigenvalue weighted by molar-refractivity contribution is 8.00. The van der Waals surface area contributed by atoms with Crippen LogP contribution < -0.4 is 5.73 Å². The summed E-state index contributed by atoms with van der Waals surface area (Å²) in [5.74, 6) is 2.32. The van der Waals surface area contributed by atoms with Gasteiger partial charge in [0.15, 0.2) is 0 Å². The van der Waals surface area contributed by atoms with Gasteiger partial charge in [-0.15, -0.1) is 0 Å². The van der Waals surface area contributed by atoms with Gasteiger partial charge in [0.05, 0.1) is 0 Å². The monoisotopic (exact) mass is 186 g/mol. The van der Waals surface area contributed by atoms with Crippen LogP contribution in [0.15, 0.2) is 0 Å². The van der Waals surface area contributed by atoms with Crippen molar-refractivity contribution in [2.45, 2.75) is 18.1 Å². The Hall–Kier alpha value is 0.270. The van der Waals surface area contributed by atoms with Gasteiger partial charge in [-0.3, -0.25) is 0 Å². The van der Waals surface area contributed by atoms with E-state index >= 15 is 0 Å². The fraction of sp³-hybridized carbons (Fsp3) is 1.00. The number of thioether (sulfide) groups is 1. The fourth-order valence-electron chi connectivity index (χ4n) is 1.75.